The quantitative estimate of drug-likeness (QED) is 0.691. The molecule has 0 aromatic carbocycles. The van der Waals surface area contributed by atoms with Crippen LogP contribution in [-0.2, 0) is 16.2 Å². The molecule has 1 aromatic rings. The van der Waals surface area contributed by atoms with Gasteiger partial charge < -0.3 is 4.74 Å². The topological polar surface area (TPSA) is 52.8 Å². The van der Waals surface area contributed by atoms with E-state index in [0.717, 1.165) is 13.0 Å². The van der Waals surface area contributed by atoms with E-state index in [1.165, 1.54) is 0 Å². The molecule has 0 N–H and O–H groups in total. The molecule has 14 heavy (non-hydrogen) atoms. The van der Waals surface area contributed by atoms with Crippen LogP contribution >= 0.6 is 11.6 Å². The number of nitrogens with zero attached hydrogens (tertiary/aromatic N) is 4. The Balaban J connectivity index is 2.37. The normalized spacial score (nSPS) is 32.4. The Morgan fingerprint density at radius 2 is 2.50 bits per heavy atom. The van der Waals surface area contributed by atoms with Gasteiger partial charge in [-0.05, 0) is 30.7 Å². The molecule has 1 aliphatic rings. The lowest BCUT2D eigenvalue weighted by Gasteiger charge is -2.27. The van der Waals surface area contributed by atoms with Crippen LogP contribution in [0, 0.1) is 0 Å². The van der Waals surface area contributed by atoms with Crippen LogP contribution in [0.3, 0.4) is 0 Å². The summed E-state index contributed by atoms with van der Waals surface area (Å²) in [5.74, 6) is 1.03. The molecule has 0 spiro atoms. The van der Waals surface area contributed by atoms with Gasteiger partial charge in [-0.2, -0.15) is 0 Å². The standard InChI is InChI=1S/C8H13ClN4O/c1-6-8(2,3-4-14-6)13-7(5-9)10-11-12-13/h6H,3-5H2,1-2H3. The maximum Gasteiger partial charge on any atom is 0.166 e. The molecule has 0 saturated carbocycles. The second-order valence-electron chi connectivity index (χ2n) is 3.76. The number of halogens is 1. The lowest BCUT2D eigenvalue weighted by molar-refractivity contribution is 0.0688. The van der Waals surface area contributed by atoms with E-state index in [0.29, 0.717) is 11.7 Å². The van der Waals surface area contributed by atoms with Gasteiger partial charge in [0.25, 0.3) is 0 Å². The van der Waals surface area contributed by atoms with Crippen molar-refractivity contribution in [3.8, 4) is 0 Å². The van der Waals surface area contributed by atoms with Crippen molar-refractivity contribution in [3.05, 3.63) is 5.82 Å². The maximum atomic E-state index is 5.76. The summed E-state index contributed by atoms with van der Waals surface area (Å²) in [5, 5.41) is 11.5. The average molecular weight is 217 g/mol. The van der Waals surface area contributed by atoms with Crippen molar-refractivity contribution in [1.82, 2.24) is 20.2 Å². The predicted molar refractivity (Wildman–Crippen MR) is 51.1 cm³/mol. The molecule has 1 aliphatic heterocycles. The minimum Gasteiger partial charge on any atom is -0.376 e. The highest BCUT2D eigenvalue weighted by Gasteiger charge is 2.41. The first-order chi connectivity index (χ1) is 6.68. The predicted octanol–water partition coefficient (Wildman–Crippen LogP) is 0.936. The summed E-state index contributed by atoms with van der Waals surface area (Å²) in [5.41, 5.74) is -0.159. The van der Waals surface area contributed by atoms with Crippen LogP contribution in [0.5, 0.6) is 0 Å². The summed E-state index contributed by atoms with van der Waals surface area (Å²) >= 11 is 5.76. The first-order valence-electron chi connectivity index (χ1n) is 4.64. The highest BCUT2D eigenvalue weighted by Crippen LogP contribution is 2.32. The molecule has 5 nitrogen and oxygen atoms in total. The van der Waals surface area contributed by atoms with E-state index >= 15 is 0 Å². The number of aromatic nitrogens is 4. The lowest BCUT2D eigenvalue weighted by atomic mass is 9.95. The molecule has 1 aromatic heterocycles. The summed E-state index contributed by atoms with van der Waals surface area (Å²) in [4.78, 5) is 0. The first kappa shape index (κ1) is 9.86. The summed E-state index contributed by atoms with van der Waals surface area (Å²) in [6.45, 7) is 4.88. The largest absolute Gasteiger partial charge is 0.376 e. The monoisotopic (exact) mass is 216 g/mol. The van der Waals surface area contributed by atoms with Gasteiger partial charge >= 0.3 is 0 Å². The van der Waals surface area contributed by atoms with E-state index in [-0.39, 0.29) is 11.6 Å². The molecule has 78 valence electrons. The van der Waals surface area contributed by atoms with Crippen LogP contribution in [0.4, 0.5) is 0 Å². The molecule has 0 bridgehead atoms. The van der Waals surface area contributed by atoms with Crippen LogP contribution in [0.2, 0.25) is 0 Å². The van der Waals surface area contributed by atoms with Crippen molar-refractivity contribution in [3.63, 3.8) is 0 Å². The van der Waals surface area contributed by atoms with E-state index in [1.807, 2.05) is 6.92 Å². The Morgan fingerprint density at radius 1 is 1.71 bits per heavy atom. The van der Waals surface area contributed by atoms with Gasteiger partial charge in [-0.25, -0.2) is 4.68 Å². The molecule has 1 fully saturated rings. The molecule has 0 amide bonds. The molecule has 1 saturated heterocycles. The van der Waals surface area contributed by atoms with E-state index in [9.17, 15) is 0 Å². The van der Waals surface area contributed by atoms with E-state index in [4.69, 9.17) is 16.3 Å². The number of hydrogen-bond acceptors (Lipinski definition) is 4. The Kier molecular flexibility index (Phi) is 2.45. The van der Waals surface area contributed by atoms with Crippen LogP contribution in [0.15, 0.2) is 0 Å². The molecule has 0 aliphatic carbocycles. The third-order valence-corrected chi connectivity index (χ3v) is 3.23. The Morgan fingerprint density at radius 3 is 3.07 bits per heavy atom. The third kappa shape index (κ3) is 1.31. The minimum absolute atomic E-state index is 0.118. The second-order valence-corrected chi connectivity index (χ2v) is 4.03. The van der Waals surface area contributed by atoms with Gasteiger partial charge in [0, 0.05) is 6.61 Å². The lowest BCUT2D eigenvalue weighted by Crippen LogP contribution is -2.38. The zero-order valence-electron chi connectivity index (χ0n) is 8.27. The Hall–Kier alpha value is -0.680. The fourth-order valence-corrected chi connectivity index (χ4v) is 1.96. The molecule has 2 atom stereocenters. The Bertz CT molecular complexity index is 329. The summed E-state index contributed by atoms with van der Waals surface area (Å²) in [7, 11) is 0. The van der Waals surface area contributed by atoms with E-state index in [2.05, 4.69) is 22.4 Å². The van der Waals surface area contributed by atoms with Gasteiger partial charge in [0.1, 0.15) is 0 Å². The maximum absolute atomic E-state index is 5.76. The van der Waals surface area contributed by atoms with Crippen LogP contribution < -0.4 is 0 Å². The van der Waals surface area contributed by atoms with Crippen LogP contribution in [-0.4, -0.2) is 32.9 Å². The molecule has 0 radical (unpaired) electrons. The van der Waals surface area contributed by atoms with E-state index in [1.54, 1.807) is 4.68 Å². The number of alkyl halides is 1. The molecule has 2 unspecified atom stereocenters. The average Bonchev–Trinajstić information content (AvgIpc) is 2.75. The molecule has 2 rings (SSSR count). The smallest absolute Gasteiger partial charge is 0.166 e. The number of tetrazole rings is 1. The van der Waals surface area contributed by atoms with Gasteiger partial charge in [0.2, 0.25) is 0 Å². The van der Waals surface area contributed by atoms with Crippen molar-refractivity contribution in [2.45, 2.75) is 37.8 Å². The summed E-state index contributed by atoms with van der Waals surface area (Å²) in [6, 6.07) is 0. The van der Waals surface area contributed by atoms with Gasteiger partial charge in [-0.1, -0.05) is 0 Å². The zero-order chi connectivity index (χ0) is 10.2. The Labute approximate surface area is 87.4 Å². The molecule has 2 heterocycles. The number of rotatable bonds is 2. The zero-order valence-corrected chi connectivity index (χ0v) is 9.03. The molecule has 6 heteroatoms. The third-order valence-electron chi connectivity index (χ3n) is 2.99. The highest BCUT2D eigenvalue weighted by molar-refractivity contribution is 6.16. The fraction of sp³-hybridized carbons (Fsp3) is 0.875. The van der Waals surface area contributed by atoms with Gasteiger partial charge in [0.15, 0.2) is 5.82 Å². The van der Waals surface area contributed by atoms with Crippen molar-refractivity contribution in [2.24, 2.45) is 0 Å². The van der Waals surface area contributed by atoms with Crippen LogP contribution in [0.1, 0.15) is 26.1 Å². The summed E-state index contributed by atoms with van der Waals surface area (Å²) < 4.78 is 7.32. The molecular weight excluding hydrogens is 204 g/mol. The number of hydrogen-bond donors (Lipinski definition) is 0. The highest BCUT2D eigenvalue weighted by atomic mass is 35.5. The minimum atomic E-state index is -0.159. The van der Waals surface area contributed by atoms with Gasteiger partial charge in [-0.3, -0.25) is 0 Å². The SMILES string of the molecule is CC1OCCC1(C)n1nnnc1CCl. The second kappa shape index (κ2) is 3.47. The number of ether oxygens (including phenoxy) is 1. The van der Waals surface area contributed by atoms with Crippen molar-refractivity contribution in [2.75, 3.05) is 6.61 Å². The van der Waals surface area contributed by atoms with Crippen molar-refractivity contribution >= 4 is 11.6 Å². The van der Waals surface area contributed by atoms with Gasteiger partial charge in [-0.15, -0.1) is 16.7 Å². The van der Waals surface area contributed by atoms with Gasteiger partial charge in [0.05, 0.1) is 17.5 Å². The van der Waals surface area contributed by atoms with Crippen molar-refractivity contribution < 1.29 is 4.74 Å². The van der Waals surface area contributed by atoms with E-state index < -0.39 is 0 Å². The van der Waals surface area contributed by atoms with Crippen LogP contribution in [0.25, 0.3) is 0 Å². The fourth-order valence-electron chi connectivity index (χ4n) is 1.79. The van der Waals surface area contributed by atoms with Crippen molar-refractivity contribution in [1.29, 1.82) is 0 Å². The summed E-state index contributed by atoms with van der Waals surface area (Å²) in [6.07, 6.45) is 1.04. The molecular formula is C8H13ClN4O. The first-order valence-corrected chi connectivity index (χ1v) is 5.17.